The van der Waals surface area contributed by atoms with Crippen molar-refractivity contribution in [1.29, 1.82) is 5.41 Å². The van der Waals surface area contributed by atoms with E-state index < -0.39 is 0 Å². The molecular formula is C51H52N4. The van der Waals surface area contributed by atoms with E-state index in [0.29, 0.717) is 11.4 Å². The Balaban J connectivity index is 0.000000204. The zero-order chi connectivity index (χ0) is 39.4. The summed E-state index contributed by atoms with van der Waals surface area (Å²) < 4.78 is 0. The summed E-state index contributed by atoms with van der Waals surface area (Å²) in [5.74, 6) is 0. The van der Waals surface area contributed by atoms with Gasteiger partial charge in [-0.25, -0.2) is 0 Å². The number of aryl methyl sites for hydroxylation is 2. The van der Waals surface area contributed by atoms with Gasteiger partial charge < -0.3 is 22.2 Å². The quantitative estimate of drug-likeness (QED) is 0.0931. The van der Waals surface area contributed by atoms with E-state index in [1.54, 1.807) is 6.08 Å². The summed E-state index contributed by atoms with van der Waals surface area (Å²) in [5.41, 5.74) is 24.9. The van der Waals surface area contributed by atoms with Crippen molar-refractivity contribution in [3.63, 3.8) is 0 Å². The number of hydrogen-bond donors (Lipinski definition) is 4. The lowest BCUT2D eigenvalue weighted by atomic mass is 10.00. The molecule has 0 unspecified atom stereocenters. The van der Waals surface area contributed by atoms with Crippen molar-refractivity contribution in [2.24, 2.45) is 11.5 Å². The predicted octanol–water partition coefficient (Wildman–Crippen LogP) is 12.6. The number of hydrogen-bond acceptors (Lipinski definition) is 4. The number of fused-ring (bicyclic) bond motifs is 1. The van der Waals surface area contributed by atoms with Gasteiger partial charge in [-0.2, -0.15) is 0 Å². The fourth-order valence-corrected chi connectivity index (χ4v) is 5.90. The summed E-state index contributed by atoms with van der Waals surface area (Å²) >= 11 is 0. The topological polar surface area (TPSA) is 87.9 Å². The van der Waals surface area contributed by atoms with Gasteiger partial charge in [-0.1, -0.05) is 194 Å². The first-order valence-corrected chi connectivity index (χ1v) is 18.3. The van der Waals surface area contributed by atoms with Gasteiger partial charge in [-0.3, -0.25) is 0 Å². The maximum Gasteiger partial charge on any atom is 0.0628 e. The average molecular weight is 721 g/mol. The number of nitrogens with two attached hydrogens (primary N) is 2. The fraction of sp³-hybridized carbons (Fsp3) is 0.0784. The van der Waals surface area contributed by atoms with Crippen molar-refractivity contribution >= 4 is 34.6 Å². The standard InChI is InChI=1S/C23H23N3.C20H18.C7H8.CH3N/c1-3-9-21(24)23(25)20-14-7-6-12-18(20)16(2)26-22-15-8-11-17-10-4-5-13-19(17)22;1-16-7-11-19(12-8-16)20-13-9-18(10-14-20)15-17-5-3-2-4-6-17;1-7-5-3-2-4-6-7;1-2/h3-15,26H,2,24-25H2,1H3;2-14H,15H2,1H3;2-6H,1H3;2H,1H2/b9-3-,23-21+;;;. The molecule has 55 heavy (non-hydrogen) atoms. The zero-order valence-electron chi connectivity index (χ0n) is 32.2. The van der Waals surface area contributed by atoms with Gasteiger partial charge in [-0.15, -0.1) is 0 Å². The minimum Gasteiger partial charge on any atom is -0.397 e. The van der Waals surface area contributed by atoms with Crippen LogP contribution in [0.1, 0.15) is 40.3 Å². The summed E-state index contributed by atoms with van der Waals surface area (Å²) in [4.78, 5) is 0. The number of benzene rings is 7. The van der Waals surface area contributed by atoms with E-state index in [2.05, 4.69) is 142 Å². The Hall–Kier alpha value is -6.91. The lowest BCUT2D eigenvalue weighted by molar-refractivity contribution is 1.19. The molecule has 0 amide bonds. The van der Waals surface area contributed by atoms with Crippen LogP contribution in [0.25, 0.3) is 33.3 Å². The highest BCUT2D eigenvalue weighted by Gasteiger charge is 2.11. The van der Waals surface area contributed by atoms with E-state index >= 15 is 0 Å². The Kier molecular flexibility index (Phi) is 16.0. The van der Waals surface area contributed by atoms with Gasteiger partial charge in [0.15, 0.2) is 0 Å². The predicted molar refractivity (Wildman–Crippen MR) is 240 cm³/mol. The molecular weight excluding hydrogens is 669 g/mol. The van der Waals surface area contributed by atoms with E-state index in [9.17, 15) is 0 Å². The number of allylic oxidation sites excluding steroid dienone is 2. The largest absolute Gasteiger partial charge is 0.397 e. The van der Waals surface area contributed by atoms with Crippen LogP contribution in [0, 0.1) is 19.3 Å². The van der Waals surface area contributed by atoms with Crippen LogP contribution in [0.5, 0.6) is 0 Å². The van der Waals surface area contributed by atoms with Gasteiger partial charge in [0.1, 0.15) is 0 Å². The third kappa shape index (κ3) is 12.3. The monoisotopic (exact) mass is 720 g/mol. The normalized spacial score (nSPS) is 10.7. The summed E-state index contributed by atoms with van der Waals surface area (Å²) in [6, 6.07) is 60.7. The number of anilines is 1. The molecule has 0 aliphatic heterocycles. The Morgan fingerprint density at radius 1 is 0.564 bits per heavy atom. The smallest absolute Gasteiger partial charge is 0.0628 e. The Morgan fingerprint density at radius 3 is 1.65 bits per heavy atom. The molecule has 0 aromatic heterocycles. The fourth-order valence-electron chi connectivity index (χ4n) is 5.90. The van der Waals surface area contributed by atoms with Crippen LogP contribution >= 0.6 is 0 Å². The van der Waals surface area contributed by atoms with Gasteiger partial charge in [-0.05, 0) is 73.7 Å². The molecule has 0 radical (unpaired) electrons. The van der Waals surface area contributed by atoms with Crippen LogP contribution < -0.4 is 16.8 Å². The maximum atomic E-state index is 6.28. The van der Waals surface area contributed by atoms with E-state index in [1.807, 2.05) is 79.7 Å². The molecule has 6 N–H and O–H groups in total. The second-order valence-electron chi connectivity index (χ2n) is 12.9. The van der Waals surface area contributed by atoms with Crippen LogP contribution in [-0.2, 0) is 6.42 Å². The lowest BCUT2D eigenvalue weighted by Gasteiger charge is -2.16. The average Bonchev–Trinajstić information content (AvgIpc) is 3.23. The van der Waals surface area contributed by atoms with Crippen molar-refractivity contribution < 1.29 is 0 Å². The van der Waals surface area contributed by atoms with Crippen molar-refractivity contribution in [3.05, 3.63) is 234 Å². The van der Waals surface area contributed by atoms with E-state index in [4.69, 9.17) is 16.9 Å². The number of rotatable bonds is 8. The van der Waals surface area contributed by atoms with Crippen LogP contribution in [0.3, 0.4) is 0 Å². The van der Waals surface area contributed by atoms with Crippen molar-refractivity contribution in [2.75, 3.05) is 5.32 Å². The third-order valence-corrected chi connectivity index (χ3v) is 8.81. The molecule has 4 nitrogen and oxygen atoms in total. The first kappa shape index (κ1) is 40.9. The van der Waals surface area contributed by atoms with Gasteiger partial charge >= 0.3 is 0 Å². The Labute approximate surface area is 327 Å². The Bertz CT molecular complexity index is 2280. The van der Waals surface area contributed by atoms with Crippen LogP contribution in [0.2, 0.25) is 0 Å². The van der Waals surface area contributed by atoms with Crippen molar-refractivity contribution in [3.8, 4) is 11.1 Å². The molecule has 4 heteroatoms. The first-order chi connectivity index (χ1) is 26.8. The summed E-state index contributed by atoms with van der Waals surface area (Å²) in [6.07, 6.45) is 4.66. The molecule has 0 aliphatic rings. The lowest BCUT2D eigenvalue weighted by Crippen LogP contribution is -2.10. The molecule has 0 bridgehead atoms. The van der Waals surface area contributed by atoms with Gasteiger partial charge in [0.2, 0.25) is 0 Å². The number of nitrogens with one attached hydrogen (secondary N) is 2. The molecule has 7 rings (SSSR count). The third-order valence-electron chi connectivity index (χ3n) is 8.81. The molecule has 7 aromatic rings. The molecule has 0 aliphatic carbocycles. The molecule has 0 fully saturated rings. The van der Waals surface area contributed by atoms with Crippen molar-refractivity contribution in [2.45, 2.75) is 27.2 Å². The highest BCUT2D eigenvalue weighted by Crippen LogP contribution is 2.29. The molecule has 0 spiro atoms. The molecule has 7 aromatic carbocycles. The van der Waals surface area contributed by atoms with Crippen LogP contribution in [0.15, 0.2) is 200 Å². The minimum absolute atomic E-state index is 0.540. The molecule has 0 atom stereocenters. The molecule has 0 saturated carbocycles. The van der Waals surface area contributed by atoms with Gasteiger partial charge in [0.25, 0.3) is 0 Å². The molecule has 0 saturated heterocycles. The molecule has 0 heterocycles. The van der Waals surface area contributed by atoms with E-state index in [-0.39, 0.29) is 0 Å². The summed E-state index contributed by atoms with van der Waals surface area (Å²) in [6.45, 7) is 12.8. The minimum atomic E-state index is 0.540. The van der Waals surface area contributed by atoms with E-state index in [1.165, 1.54) is 38.8 Å². The highest BCUT2D eigenvalue weighted by atomic mass is 14.9. The highest BCUT2D eigenvalue weighted by molar-refractivity contribution is 5.97. The summed E-state index contributed by atoms with van der Waals surface area (Å²) in [5, 5.41) is 11.3. The zero-order valence-corrected chi connectivity index (χ0v) is 32.2. The second kappa shape index (κ2) is 21.6. The van der Waals surface area contributed by atoms with Crippen LogP contribution in [-0.4, -0.2) is 6.72 Å². The van der Waals surface area contributed by atoms with Gasteiger partial charge in [0, 0.05) is 27.9 Å². The maximum absolute atomic E-state index is 6.28. The first-order valence-electron chi connectivity index (χ1n) is 18.3. The van der Waals surface area contributed by atoms with Crippen molar-refractivity contribution in [1.82, 2.24) is 0 Å². The van der Waals surface area contributed by atoms with E-state index in [0.717, 1.165) is 34.3 Å². The Morgan fingerprint density at radius 2 is 1.05 bits per heavy atom. The molecule has 276 valence electrons. The SMILES string of the molecule is C=C(Nc1cccc2ccccc12)c1ccccc1/C(N)=C(N)/C=C\C.C=N.Cc1ccc(-c2ccc(Cc3ccccc3)cc2)cc1.Cc1ccccc1. The second-order valence-corrected chi connectivity index (χ2v) is 12.9. The van der Waals surface area contributed by atoms with Gasteiger partial charge in [0.05, 0.1) is 11.4 Å². The van der Waals surface area contributed by atoms with Crippen LogP contribution in [0.4, 0.5) is 5.69 Å². The summed E-state index contributed by atoms with van der Waals surface area (Å²) in [7, 11) is 0.